The van der Waals surface area contributed by atoms with Crippen LogP contribution in [0.3, 0.4) is 0 Å². The van der Waals surface area contributed by atoms with E-state index in [0.717, 1.165) is 45.1 Å². The van der Waals surface area contributed by atoms with Crippen molar-refractivity contribution in [1.29, 1.82) is 0 Å². The van der Waals surface area contributed by atoms with Crippen LogP contribution >= 0.6 is 0 Å². The summed E-state index contributed by atoms with van der Waals surface area (Å²) in [6, 6.07) is 20.0. The quantitative estimate of drug-likeness (QED) is 0.399. The lowest BCUT2D eigenvalue weighted by Gasteiger charge is -2.04. The number of anilines is 1. The summed E-state index contributed by atoms with van der Waals surface area (Å²) in [5, 5.41) is 6.30. The van der Waals surface area contributed by atoms with Crippen LogP contribution in [0.25, 0.3) is 32.8 Å². The van der Waals surface area contributed by atoms with Crippen molar-refractivity contribution in [3.63, 3.8) is 0 Å². The largest absolute Gasteiger partial charge is 0.451 e. The Labute approximate surface area is 162 Å². The van der Waals surface area contributed by atoms with Crippen molar-refractivity contribution in [2.24, 2.45) is 0 Å². The Morgan fingerprint density at radius 1 is 1.00 bits per heavy atom. The summed E-state index contributed by atoms with van der Waals surface area (Å²) < 4.78 is 5.78. The van der Waals surface area contributed by atoms with Gasteiger partial charge in [0.25, 0.3) is 5.91 Å². The van der Waals surface area contributed by atoms with E-state index in [4.69, 9.17) is 4.42 Å². The molecule has 0 fully saturated rings. The highest BCUT2D eigenvalue weighted by atomic mass is 16.3. The predicted molar refractivity (Wildman–Crippen MR) is 114 cm³/mol. The van der Waals surface area contributed by atoms with Gasteiger partial charge in [0.05, 0.1) is 0 Å². The normalized spacial score (nSPS) is 11.5. The van der Waals surface area contributed by atoms with Crippen LogP contribution in [0.5, 0.6) is 0 Å². The zero-order valence-electron chi connectivity index (χ0n) is 15.8. The third kappa shape index (κ3) is 2.49. The predicted octanol–water partition coefficient (Wildman–Crippen LogP) is 6.19. The molecule has 1 amide bonds. The number of aryl methyl sites for hydroxylation is 2. The molecule has 0 aliphatic rings. The second kappa shape index (κ2) is 6.27. The first kappa shape index (κ1) is 16.6. The SMILES string of the molecule is CCc1cccc2c1[nH]c1cc(NC(=O)c3oc4ccccc4c3C)ccc12. The molecular formula is C24H20N2O2. The third-order valence-electron chi connectivity index (χ3n) is 5.41. The van der Waals surface area contributed by atoms with Gasteiger partial charge < -0.3 is 14.7 Å². The fourth-order valence-corrected chi connectivity index (χ4v) is 3.94. The topological polar surface area (TPSA) is 58.0 Å². The number of aromatic nitrogens is 1. The minimum Gasteiger partial charge on any atom is -0.451 e. The Morgan fingerprint density at radius 2 is 1.82 bits per heavy atom. The van der Waals surface area contributed by atoms with Gasteiger partial charge in [-0.1, -0.05) is 49.4 Å². The van der Waals surface area contributed by atoms with E-state index in [9.17, 15) is 4.79 Å². The second-order valence-electron chi connectivity index (χ2n) is 7.09. The first-order valence-corrected chi connectivity index (χ1v) is 9.48. The van der Waals surface area contributed by atoms with E-state index in [0.29, 0.717) is 5.76 Å². The molecule has 0 saturated heterocycles. The van der Waals surface area contributed by atoms with Crippen molar-refractivity contribution in [3.05, 3.63) is 77.6 Å². The molecule has 138 valence electrons. The Balaban J connectivity index is 1.53. The molecule has 2 heterocycles. The summed E-state index contributed by atoms with van der Waals surface area (Å²) in [5.41, 5.74) is 5.78. The number of furan rings is 1. The molecule has 0 bridgehead atoms. The number of fused-ring (bicyclic) bond motifs is 4. The van der Waals surface area contributed by atoms with Crippen molar-refractivity contribution in [1.82, 2.24) is 4.98 Å². The molecule has 4 heteroatoms. The summed E-state index contributed by atoms with van der Waals surface area (Å²) in [7, 11) is 0. The van der Waals surface area contributed by atoms with Gasteiger partial charge in [0.2, 0.25) is 0 Å². The van der Waals surface area contributed by atoms with E-state index in [1.165, 1.54) is 10.9 Å². The number of carbonyl (C=O) groups is 1. The molecule has 5 aromatic rings. The van der Waals surface area contributed by atoms with Gasteiger partial charge in [0, 0.05) is 38.4 Å². The summed E-state index contributed by atoms with van der Waals surface area (Å²) >= 11 is 0. The Morgan fingerprint density at radius 3 is 2.64 bits per heavy atom. The van der Waals surface area contributed by atoms with Crippen LogP contribution in [-0.4, -0.2) is 10.9 Å². The highest BCUT2D eigenvalue weighted by molar-refractivity contribution is 6.11. The monoisotopic (exact) mass is 368 g/mol. The minimum absolute atomic E-state index is 0.238. The van der Waals surface area contributed by atoms with E-state index in [1.54, 1.807) is 0 Å². The van der Waals surface area contributed by atoms with Crippen molar-refractivity contribution < 1.29 is 9.21 Å². The van der Waals surface area contributed by atoms with E-state index >= 15 is 0 Å². The molecule has 0 aliphatic carbocycles. The number of amides is 1. The standard InChI is InChI=1S/C24H20N2O2/c1-3-15-7-6-9-19-18-12-11-16(13-20(18)26-22(15)19)25-24(27)23-14(2)17-8-4-5-10-21(17)28-23/h4-13,26H,3H2,1-2H3,(H,25,27). The van der Waals surface area contributed by atoms with E-state index in [-0.39, 0.29) is 5.91 Å². The zero-order valence-corrected chi connectivity index (χ0v) is 15.8. The van der Waals surface area contributed by atoms with E-state index in [1.807, 2.05) is 43.3 Å². The first-order valence-electron chi connectivity index (χ1n) is 9.48. The number of carbonyl (C=O) groups excluding carboxylic acids is 1. The highest BCUT2D eigenvalue weighted by Crippen LogP contribution is 2.30. The molecule has 0 aliphatic heterocycles. The molecule has 0 saturated carbocycles. The molecule has 5 rings (SSSR count). The van der Waals surface area contributed by atoms with Crippen LogP contribution in [0.4, 0.5) is 5.69 Å². The number of para-hydroxylation sites is 2. The summed E-state index contributed by atoms with van der Waals surface area (Å²) in [4.78, 5) is 16.3. The molecule has 2 N–H and O–H groups in total. The van der Waals surface area contributed by atoms with E-state index < -0.39 is 0 Å². The maximum absolute atomic E-state index is 12.8. The molecule has 0 spiro atoms. The van der Waals surface area contributed by atoms with E-state index in [2.05, 4.69) is 41.5 Å². The maximum Gasteiger partial charge on any atom is 0.291 e. The number of nitrogens with one attached hydrogen (secondary N) is 2. The van der Waals surface area contributed by atoms with Crippen LogP contribution in [-0.2, 0) is 6.42 Å². The van der Waals surface area contributed by atoms with Gasteiger partial charge >= 0.3 is 0 Å². The lowest BCUT2D eigenvalue weighted by molar-refractivity contribution is 0.0998. The van der Waals surface area contributed by atoms with Gasteiger partial charge in [-0.05, 0) is 37.1 Å². The Bertz CT molecular complexity index is 1360. The highest BCUT2D eigenvalue weighted by Gasteiger charge is 2.18. The molecule has 0 radical (unpaired) electrons. The lowest BCUT2D eigenvalue weighted by atomic mass is 10.1. The average molecular weight is 368 g/mol. The molecule has 4 nitrogen and oxygen atoms in total. The van der Waals surface area contributed by atoms with Crippen LogP contribution in [0.2, 0.25) is 0 Å². The van der Waals surface area contributed by atoms with Gasteiger partial charge in [0.1, 0.15) is 5.58 Å². The summed E-state index contributed by atoms with van der Waals surface area (Å²) in [6.07, 6.45) is 0.971. The van der Waals surface area contributed by atoms with Crippen LogP contribution in [0, 0.1) is 6.92 Å². The number of hydrogen-bond acceptors (Lipinski definition) is 2. The summed E-state index contributed by atoms with van der Waals surface area (Å²) in [5.74, 6) is 0.115. The van der Waals surface area contributed by atoms with Crippen molar-refractivity contribution in [2.45, 2.75) is 20.3 Å². The molecule has 3 aromatic carbocycles. The number of aromatic amines is 1. The number of rotatable bonds is 3. The number of benzene rings is 3. The van der Waals surface area contributed by atoms with Gasteiger partial charge in [-0.3, -0.25) is 4.79 Å². The fourth-order valence-electron chi connectivity index (χ4n) is 3.94. The fraction of sp³-hybridized carbons (Fsp3) is 0.125. The van der Waals surface area contributed by atoms with Gasteiger partial charge in [-0.15, -0.1) is 0 Å². The summed E-state index contributed by atoms with van der Waals surface area (Å²) in [6.45, 7) is 4.06. The Kier molecular flexibility index (Phi) is 3.72. The van der Waals surface area contributed by atoms with Crippen LogP contribution in [0.15, 0.2) is 65.1 Å². The Hall–Kier alpha value is -3.53. The van der Waals surface area contributed by atoms with Gasteiger partial charge in [0.15, 0.2) is 5.76 Å². The smallest absolute Gasteiger partial charge is 0.291 e. The third-order valence-corrected chi connectivity index (χ3v) is 5.41. The molecule has 2 aromatic heterocycles. The molecule has 28 heavy (non-hydrogen) atoms. The molecular weight excluding hydrogens is 348 g/mol. The van der Waals surface area contributed by atoms with Crippen LogP contribution in [0.1, 0.15) is 28.6 Å². The average Bonchev–Trinajstić information content (AvgIpc) is 3.25. The number of hydrogen-bond donors (Lipinski definition) is 2. The zero-order chi connectivity index (χ0) is 19.3. The number of H-pyrrole nitrogens is 1. The molecule has 0 unspecified atom stereocenters. The second-order valence-corrected chi connectivity index (χ2v) is 7.09. The van der Waals surface area contributed by atoms with Crippen molar-refractivity contribution >= 4 is 44.4 Å². The van der Waals surface area contributed by atoms with Gasteiger partial charge in [-0.2, -0.15) is 0 Å². The maximum atomic E-state index is 12.8. The van der Waals surface area contributed by atoms with Crippen LogP contribution < -0.4 is 5.32 Å². The van der Waals surface area contributed by atoms with Crippen molar-refractivity contribution in [2.75, 3.05) is 5.32 Å². The first-order chi connectivity index (χ1) is 13.7. The lowest BCUT2D eigenvalue weighted by Crippen LogP contribution is -2.12. The molecule has 0 atom stereocenters. The van der Waals surface area contributed by atoms with Gasteiger partial charge in [-0.25, -0.2) is 0 Å². The minimum atomic E-state index is -0.238. The van der Waals surface area contributed by atoms with Crippen molar-refractivity contribution in [3.8, 4) is 0 Å².